The highest BCUT2D eigenvalue weighted by Gasteiger charge is 2.52. The minimum absolute atomic E-state index is 0.0619. The predicted octanol–water partition coefficient (Wildman–Crippen LogP) is 13.2. The van der Waals surface area contributed by atoms with Crippen LogP contribution in [0, 0.1) is 17.8 Å². The first-order valence-electron chi connectivity index (χ1n) is 37.0. The van der Waals surface area contributed by atoms with E-state index in [-0.39, 0.29) is 35.8 Å². The highest BCUT2D eigenvalue weighted by molar-refractivity contribution is 9.10. The fraction of sp³-hybridized carbons (Fsp3) is 0.444. The van der Waals surface area contributed by atoms with E-state index in [4.69, 9.17) is 30.9 Å². The fourth-order valence-electron chi connectivity index (χ4n) is 14.4. The van der Waals surface area contributed by atoms with Crippen molar-refractivity contribution < 1.29 is 18.5 Å². The first kappa shape index (κ1) is 75.1. The summed E-state index contributed by atoms with van der Waals surface area (Å²) in [5, 5.41) is 4.20. The van der Waals surface area contributed by atoms with Crippen LogP contribution in [0.25, 0.3) is 56.8 Å². The summed E-state index contributed by atoms with van der Waals surface area (Å²) in [4.78, 5) is 75.5. The first-order valence-corrected chi connectivity index (χ1v) is 38.2. The number of carbonyl (C=O) groups is 1. The van der Waals surface area contributed by atoms with Crippen molar-refractivity contribution in [3.8, 4) is 33.8 Å². The van der Waals surface area contributed by atoms with Crippen LogP contribution in [0.5, 0.6) is 0 Å². The number of halogens is 3. The first-order chi connectivity index (χ1) is 50.7. The second-order valence-electron chi connectivity index (χ2n) is 30.2. The third-order valence-electron chi connectivity index (χ3n) is 21.8. The maximum atomic E-state index is 13.8. The molecule has 105 heavy (non-hydrogen) atoms. The summed E-state index contributed by atoms with van der Waals surface area (Å²) >= 11 is 9.57. The topological polar surface area (TPSA) is 215 Å². The molecule has 5 fully saturated rings. The molecule has 1 N–H and O–H groups in total. The summed E-state index contributed by atoms with van der Waals surface area (Å²) in [6.07, 6.45) is 47.6. The van der Waals surface area contributed by atoms with Crippen molar-refractivity contribution in [1.29, 1.82) is 0 Å². The Balaban J connectivity index is 0.000000118. The maximum Gasteiger partial charge on any atom is 0.496 e. The van der Waals surface area contributed by atoms with Gasteiger partial charge in [-0.3, -0.25) is 44.7 Å². The fourth-order valence-corrected chi connectivity index (χ4v) is 14.9. The van der Waals surface area contributed by atoms with E-state index in [0.29, 0.717) is 41.2 Å². The molecule has 17 rings (SSSR count). The summed E-state index contributed by atoms with van der Waals surface area (Å²) in [5.74, 6) is 2.23. The van der Waals surface area contributed by atoms with E-state index < -0.39 is 0 Å². The van der Waals surface area contributed by atoms with Crippen molar-refractivity contribution in [2.75, 3.05) is 85.9 Å². The Bertz CT molecular complexity index is 4360. The van der Waals surface area contributed by atoms with E-state index in [1.165, 1.54) is 57.2 Å². The van der Waals surface area contributed by atoms with Crippen LogP contribution in [0.2, 0.25) is 0 Å². The molecule has 20 nitrogen and oxygen atoms in total. The normalized spacial score (nSPS) is 19.3. The number of likely N-dealkylation sites (tertiary alicyclic amines) is 4. The highest BCUT2D eigenvalue weighted by Crippen LogP contribution is 2.38. The van der Waals surface area contributed by atoms with Crippen LogP contribution >= 0.6 is 27.5 Å². The van der Waals surface area contributed by atoms with Gasteiger partial charge in [0.2, 0.25) is 0 Å². The number of carbonyl (C=O) groups excluding carboxylic acids is 1. The van der Waals surface area contributed by atoms with E-state index >= 15 is 0 Å². The largest absolute Gasteiger partial charge is 0.496 e. The number of allylic oxidation sites excluding steroid dienone is 4. The zero-order chi connectivity index (χ0) is 73.2. The van der Waals surface area contributed by atoms with Gasteiger partial charge in [0.05, 0.1) is 99.6 Å². The molecular weight excluding hydrogens is 1400 g/mol. The van der Waals surface area contributed by atoms with Crippen LogP contribution < -0.4 is 10.8 Å². The van der Waals surface area contributed by atoms with Crippen molar-refractivity contribution in [2.45, 2.75) is 135 Å². The molecule has 0 radical (unpaired) electrons. The monoisotopic (exact) mass is 1500 g/mol. The number of pyridine rings is 4. The summed E-state index contributed by atoms with van der Waals surface area (Å²) < 4.78 is 26.6. The zero-order valence-corrected chi connectivity index (χ0v) is 64.0. The van der Waals surface area contributed by atoms with Gasteiger partial charge in [-0.15, -0.1) is 0 Å². The summed E-state index contributed by atoms with van der Waals surface area (Å²) in [6.45, 7) is 17.1. The van der Waals surface area contributed by atoms with Crippen LogP contribution in [0.4, 0.5) is 10.2 Å². The number of nitrogens with one attached hydrogen (secondary N) is 1. The zero-order valence-electron chi connectivity index (χ0n) is 61.7. The molecule has 5 saturated heterocycles. The van der Waals surface area contributed by atoms with E-state index in [1.54, 1.807) is 43.3 Å². The van der Waals surface area contributed by atoms with E-state index in [1.807, 2.05) is 49.3 Å². The van der Waals surface area contributed by atoms with Crippen LogP contribution in [-0.2, 0) is 47.8 Å². The van der Waals surface area contributed by atoms with Gasteiger partial charge >= 0.3 is 7.12 Å². The predicted molar refractivity (Wildman–Crippen MR) is 418 cm³/mol. The second-order valence-corrected chi connectivity index (χ2v) is 31.4. The minimum Gasteiger partial charge on any atom is -0.399 e. The van der Waals surface area contributed by atoms with Crippen molar-refractivity contribution >= 4 is 74.7 Å². The van der Waals surface area contributed by atoms with Gasteiger partial charge in [-0.25, -0.2) is 24.3 Å². The highest BCUT2D eigenvalue weighted by atomic mass is 79.9. The third-order valence-corrected chi connectivity index (χ3v) is 22.5. The Morgan fingerprint density at radius 1 is 0.533 bits per heavy atom. The molecule has 5 aliphatic heterocycles. The average molecular weight is 1500 g/mol. The van der Waals surface area contributed by atoms with Crippen molar-refractivity contribution in [2.24, 2.45) is 17.8 Å². The number of ketones is 1. The number of fused-ring (bicyclic) bond motifs is 4. The molecule has 9 aliphatic rings. The molecular formula is C81H95BBrClFN17O3. The van der Waals surface area contributed by atoms with Crippen molar-refractivity contribution in [1.82, 2.24) is 79.4 Å². The number of aromatic nitrogens is 12. The molecule has 0 spiro atoms. The Kier molecular flexibility index (Phi) is 24.5. The number of rotatable bonds is 12. The van der Waals surface area contributed by atoms with E-state index in [2.05, 4.69) is 189 Å². The van der Waals surface area contributed by atoms with Crippen LogP contribution in [-0.4, -0.2) is 190 Å². The molecule has 0 aromatic carbocycles. The second kappa shape index (κ2) is 34.2. The van der Waals surface area contributed by atoms with Crippen molar-refractivity contribution in [3.63, 3.8) is 0 Å². The molecule has 0 bridgehead atoms. The molecule has 13 heterocycles. The van der Waals surface area contributed by atoms with Crippen molar-refractivity contribution in [3.05, 3.63) is 190 Å². The molecule has 24 heteroatoms. The van der Waals surface area contributed by atoms with Crippen LogP contribution in [0.1, 0.15) is 146 Å². The third kappa shape index (κ3) is 19.4. The van der Waals surface area contributed by atoms with Gasteiger partial charge in [-0.1, -0.05) is 48.0 Å². The van der Waals surface area contributed by atoms with Gasteiger partial charge in [-0.05, 0) is 236 Å². The molecule has 0 atom stereocenters. The Labute approximate surface area is 630 Å². The Morgan fingerprint density at radius 3 is 1.57 bits per heavy atom. The molecule has 8 aromatic rings. The number of piperidine rings is 4. The maximum absolute atomic E-state index is 13.8. The average Bonchev–Trinajstić information content (AvgIpc) is 1.63. The summed E-state index contributed by atoms with van der Waals surface area (Å²) in [6, 6.07) is 8.64. The molecule has 0 unspecified atom stereocenters. The lowest BCUT2D eigenvalue weighted by atomic mass is 9.79. The summed E-state index contributed by atoms with van der Waals surface area (Å²) in [7, 11) is 8.30. The molecule has 8 aromatic heterocycles. The lowest BCUT2D eigenvalue weighted by Crippen LogP contribution is -2.41. The summed E-state index contributed by atoms with van der Waals surface area (Å²) in [5.41, 5.74) is 16.0. The standard InChI is InChI=1S/C19H21ClN4.C19H21FN4.C19H20N4O.C14H18BNO2.C10H15BrN4/c2*1-24-6-4-13(5-7-24)8-15-11-21-12-19(23-15)14-9-16-17(20)2-3-18(16)22-10-14;1-23-7-5-13(6-8-23)19(24)18-12-20-11-17(22-18)15-9-14-3-2-4-16(14)21-10-15;1-13(2)14(3,4)18-15(17-13)11-8-10-6-5-7-12(10)16-9-11;1-15-4-2-8(3-5-15)13-10-7-12-6-9(11)14-10/h2*2,9-13H,3-8H2,1H3;2-3,9-13H,4-8H2,1H3;5-6,8-9H,7H2,1-4H3;6-8H,2-5H2,1H3,(H,13,14). The molecule has 0 saturated carbocycles. The lowest BCUT2D eigenvalue weighted by molar-refractivity contribution is 0.00578. The number of Topliss-reactive ketones (excluding diaryl/α,β-unsaturated/α-hetero) is 1. The quantitative estimate of drug-likeness (QED) is 0.0889. The van der Waals surface area contributed by atoms with Gasteiger partial charge in [0.25, 0.3) is 0 Å². The number of hydrogen-bond acceptors (Lipinski definition) is 20. The van der Waals surface area contributed by atoms with Gasteiger partial charge in [-0.2, -0.15) is 0 Å². The van der Waals surface area contributed by atoms with Gasteiger partial charge in [0.15, 0.2) is 5.78 Å². The number of hydrogen-bond donors (Lipinski definition) is 1. The molecule has 546 valence electrons. The molecule has 4 aliphatic carbocycles. The van der Waals surface area contributed by atoms with Crippen LogP contribution in [0.3, 0.4) is 0 Å². The van der Waals surface area contributed by atoms with Gasteiger partial charge < -0.3 is 34.2 Å². The SMILES string of the molecule is CC1(C)OB(c2cnc3c(c2)C=CC3)OC1(C)C.CN1CCC(C(=O)c2cncc(-c3cnc4c(c3)C=CC4)n2)CC1.CN1CCC(Cc2cncc(-c3cnc4c(c3)C(Cl)=CC4)n2)CC1.CN1CCC(Cc2cncc(-c3cnc4c(c3)C(F)=CC4)n2)CC1.CN1CCC(Nc2cncc(Br)n2)CC1. The smallest absolute Gasteiger partial charge is 0.399 e. The van der Waals surface area contributed by atoms with Gasteiger partial charge in [0, 0.05) is 113 Å². The van der Waals surface area contributed by atoms with Crippen LogP contribution in [0.15, 0.2) is 128 Å². The lowest BCUT2D eigenvalue weighted by Gasteiger charge is -2.32. The van der Waals surface area contributed by atoms with E-state index in [9.17, 15) is 9.18 Å². The minimum atomic E-state index is -0.318. The Hall–Kier alpha value is -8.13. The number of nitrogens with zero attached hydrogens (tertiary/aromatic N) is 16. The van der Waals surface area contributed by atoms with Gasteiger partial charge in [0.1, 0.15) is 21.9 Å². The molecule has 0 amide bonds. The number of anilines is 1. The Morgan fingerprint density at radius 2 is 1.00 bits per heavy atom. The van der Waals surface area contributed by atoms with E-state index in [0.717, 1.165) is 178 Å².